The molecule has 4 unspecified atom stereocenters. The second kappa shape index (κ2) is 4.43. The first kappa shape index (κ1) is 15.2. The molecule has 0 spiro atoms. The summed E-state index contributed by atoms with van der Waals surface area (Å²) in [5, 5.41) is 0. The van der Waals surface area contributed by atoms with E-state index in [9.17, 15) is 13.2 Å². The van der Waals surface area contributed by atoms with Gasteiger partial charge in [-0.15, -0.1) is 0 Å². The lowest BCUT2D eigenvalue weighted by Gasteiger charge is -2.62. The summed E-state index contributed by atoms with van der Waals surface area (Å²) in [4.78, 5) is 14.7. The van der Waals surface area contributed by atoms with Crippen molar-refractivity contribution in [3.05, 3.63) is 0 Å². The number of sulfone groups is 1. The van der Waals surface area contributed by atoms with Crippen LogP contribution in [-0.4, -0.2) is 61.6 Å². The lowest BCUT2D eigenvalue weighted by Crippen LogP contribution is -2.81. The van der Waals surface area contributed by atoms with E-state index in [-0.39, 0.29) is 42.0 Å². The largest absolute Gasteiger partial charge is 0.377 e. The van der Waals surface area contributed by atoms with Crippen LogP contribution in [0.5, 0.6) is 0 Å². The molecule has 4 atom stereocenters. The molecule has 0 aromatic carbocycles. The summed E-state index contributed by atoms with van der Waals surface area (Å²) in [6, 6.07) is -0.311. The fourth-order valence-corrected chi connectivity index (χ4v) is 5.91. The van der Waals surface area contributed by atoms with Crippen molar-refractivity contribution in [3.8, 4) is 0 Å². The highest BCUT2D eigenvalue weighted by atomic mass is 32.2. The minimum absolute atomic E-state index is 0.0276. The molecule has 1 saturated carbocycles. The summed E-state index contributed by atoms with van der Waals surface area (Å²) < 4.78 is 29.1. The number of carbonyl (C=O) groups is 1. The van der Waals surface area contributed by atoms with Crippen LogP contribution in [0.15, 0.2) is 0 Å². The molecule has 3 rings (SSSR count). The quantitative estimate of drug-likeness (QED) is 0.722. The summed E-state index contributed by atoms with van der Waals surface area (Å²) in [7, 11) is -3.04. The van der Waals surface area contributed by atoms with E-state index in [2.05, 4.69) is 0 Å². The van der Waals surface area contributed by atoms with Gasteiger partial charge in [-0.1, -0.05) is 13.8 Å². The third-order valence-electron chi connectivity index (χ3n) is 5.74. The fourth-order valence-electron chi connectivity index (χ4n) is 4.36. The SMILES string of the molecule is CC1CS(=O)(=O)CCN1C(=O)C1(N)C2CCOC2C1(C)C. The van der Waals surface area contributed by atoms with Crippen LogP contribution in [0.2, 0.25) is 0 Å². The molecular formula is C14H24N2O4S. The number of amides is 1. The smallest absolute Gasteiger partial charge is 0.244 e. The number of fused-ring (bicyclic) bond motifs is 1. The van der Waals surface area contributed by atoms with Gasteiger partial charge in [-0.3, -0.25) is 4.79 Å². The molecule has 2 aliphatic heterocycles. The molecule has 0 bridgehead atoms. The van der Waals surface area contributed by atoms with Gasteiger partial charge in [0.2, 0.25) is 5.91 Å². The Morgan fingerprint density at radius 3 is 2.67 bits per heavy atom. The van der Waals surface area contributed by atoms with Gasteiger partial charge in [0.15, 0.2) is 9.84 Å². The van der Waals surface area contributed by atoms with Crippen LogP contribution >= 0.6 is 0 Å². The van der Waals surface area contributed by atoms with Gasteiger partial charge in [-0.05, 0) is 13.3 Å². The van der Waals surface area contributed by atoms with Gasteiger partial charge in [0.05, 0.1) is 17.6 Å². The van der Waals surface area contributed by atoms with Crippen molar-refractivity contribution in [1.82, 2.24) is 4.90 Å². The first-order chi connectivity index (χ1) is 9.61. The highest BCUT2D eigenvalue weighted by Crippen LogP contribution is 2.58. The fraction of sp³-hybridized carbons (Fsp3) is 0.929. The van der Waals surface area contributed by atoms with Crippen molar-refractivity contribution in [2.24, 2.45) is 17.1 Å². The zero-order chi connectivity index (χ0) is 15.6. The summed E-state index contributed by atoms with van der Waals surface area (Å²) in [5.74, 6) is -0.00306. The minimum Gasteiger partial charge on any atom is -0.377 e. The van der Waals surface area contributed by atoms with Gasteiger partial charge in [0.25, 0.3) is 0 Å². The number of rotatable bonds is 1. The maximum atomic E-state index is 13.0. The van der Waals surface area contributed by atoms with Crippen LogP contribution < -0.4 is 5.73 Å². The average Bonchev–Trinajstić information content (AvgIpc) is 2.84. The van der Waals surface area contributed by atoms with Gasteiger partial charge >= 0.3 is 0 Å². The van der Waals surface area contributed by atoms with Crippen molar-refractivity contribution < 1.29 is 17.9 Å². The average molecular weight is 316 g/mol. The maximum Gasteiger partial charge on any atom is 0.244 e. The van der Waals surface area contributed by atoms with E-state index in [1.165, 1.54) is 0 Å². The molecule has 0 aromatic heterocycles. The second-order valence-electron chi connectivity index (χ2n) is 7.24. The van der Waals surface area contributed by atoms with Gasteiger partial charge in [-0.25, -0.2) is 8.42 Å². The Balaban J connectivity index is 1.85. The molecule has 1 aliphatic carbocycles. The monoisotopic (exact) mass is 316 g/mol. The summed E-state index contributed by atoms with van der Waals surface area (Å²) in [5.41, 5.74) is 5.19. The van der Waals surface area contributed by atoms with Gasteiger partial charge in [0, 0.05) is 30.5 Å². The van der Waals surface area contributed by atoms with Gasteiger partial charge < -0.3 is 15.4 Å². The van der Waals surface area contributed by atoms with Crippen molar-refractivity contribution in [2.75, 3.05) is 24.7 Å². The number of ether oxygens (including phenoxy) is 1. The molecule has 2 N–H and O–H groups in total. The predicted molar refractivity (Wildman–Crippen MR) is 78.4 cm³/mol. The summed E-state index contributed by atoms with van der Waals surface area (Å²) in [6.45, 7) is 6.63. The van der Waals surface area contributed by atoms with E-state index in [4.69, 9.17) is 10.5 Å². The number of nitrogens with zero attached hydrogens (tertiary/aromatic N) is 1. The standard InChI is InChI=1S/C14H24N2O4S/c1-9-8-21(18,19)7-5-16(9)12(17)14(15)10-4-6-20-11(10)13(14,2)3/h9-11H,4-8,15H2,1-3H3. The molecule has 0 radical (unpaired) electrons. The predicted octanol–water partition coefficient (Wildman–Crippen LogP) is -0.226. The first-order valence-electron chi connectivity index (χ1n) is 7.53. The molecule has 2 heterocycles. The minimum atomic E-state index is -3.04. The third kappa shape index (κ3) is 1.90. The third-order valence-corrected chi connectivity index (χ3v) is 7.53. The number of hydrogen-bond acceptors (Lipinski definition) is 5. The Morgan fingerprint density at radius 2 is 2.05 bits per heavy atom. The molecule has 3 fully saturated rings. The van der Waals surface area contributed by atoms with Gasteiger partial charge in [-0.2, -0.15) is 0 Å². The lowest BCUT2D eigenvalue weighted by molar-refractivity contribution is -0.185. The van der Waals surface area contributed by atoms with E-state index in [0.29, 0.717) is 6.61 Å². The van der Waals surface area contributed by atoms with Crippen LogP contribution in [0.4, 0.5) is 0 Å². The van der Waals surface area contributed by atoms with Crippen LogP contribution in [0.25, 0.3) is 0 Å². The van der Waals surface area contributed by atoms with Crippen LogP contribution in [0.3, 0.4) is 0 Å². The van der Waals surface area contributed by atoms with Crippen molar-refractivity contribution in [1.29, 1.82) is 0 Å². The molecule has 21 heavy (non-hydrogen) atoms. The van der Waals surface area contributed by atoms with E-state index < -0.39 is 20.8 Å². The van der Waals surface area contributed by atoms with E-state index in [1.54, 1.807) is 11.8 Å². The second-order valence-corrected chi connectivity index (χ2v) is 9.47. The summed E-state index contributed by atoms with van der Waals surface area (Å²) >= 11 is 0. The Labute approximate surface area is 125 Å². The zero-order valence-electron chi connectivity index (χ0n) is 12.8. The van der Waals surface area contributed by atoms with E-state index >= 15 is 0 Å². The Hall–Kier alpha value is -0.660. The van der Waals surface area contributed by atoms with E-state index in [0.717, 1.165) is 6.42 Å². The molecule has 0 aromatic rings. The molecule has 2 saturated heterocycles. The first-order valence-corrected chi connectivity index (χ1v) is 9.35. The zero-order valence-corrected chi connectivity index (χ0v) is 13.6. The highest BCUT2D eigenvalue weighted by Gasteiger charge is 2.72. The summed E-state index contributed by atoms with van der Waals surface area (Å²) in [6.07, 6.45) is 0.840. The Morgan fingerprint density at radius 1 is 1.38 bits per heavy atom. The normalized spacial score (nSPS) is 44.0. The van der Waals surface area contributed by atoms with Crippen molar-refractivity contribution >= 4 is 15.7 Å². The van der Waals surface area contributed by atoms with Gasteiger partial charge in [0.1, 0.15) is 5.54 Å². The number of hydrogen-bond donors (Lipinski definition) is 1. The highest BCUT2D eigenvalue weighted by molar-refractivity contribution is 7.91. The Kier molecular flexibility index (Phi) is 3.21. The topological polar surface area (TPSA) is 89.7 Å². The van der Waals surface area contributed by atoms with Crippen molar-refractivity contribution in [3.63, 3.8) is 0 Å². The lowest BCUT2D eigenvalue weighted by atomic mass is 9.47. The maximum absolute atomic E-state index is 13.0. The Bertz CT molecular complexity index is 574. The van der Waals surface area contributed by atoms with Crippen LogP contribution in [-0.2, 0) is 19.4 Å². The number of nitrogens with two attached hydrogens (primary N) is 1. The van der Waals surface area contributed by atoms with Crippen molar-refractivity contribution in [2.45, 2.75) is 44.9 Å². The van der Waals surface area contributed by atoms with Crippen LogP contribution in [0, 0.1) is 11.3 Å². The molecule has 3 aliphatic rings. The molecule has 6 nitrogen and oxygen atoms in total. The molecule has 1 amide bonds. The number of carbonyl (C=O) groups excluding carboxylic acids is 1. The molecule has 7 heteroatoms. The molecular weight excluding hydrogens is 292 g/mol. The van der Waals surface area contributed by atoms with E-state index in [1.807, 2.05) is 13.8 Å². The van der Waals surface area contributed by atoms with Crippen LogP contribution in [0.1, 0.15) is 27.2 Å². The molecule has 120 valence electrons.